The summed E-state index contributed by atoms with van der Waals surface area (Å²) in [6, 6.07) is 0.00463. The Bertz CT molecular complexity index is 249. The van der Waals surface area contributed by atoms with Gasteiger partial charge in [-0.15, -0.1) is 0 Å². The second kappa shape index (κ2) is 2.47. The molecule has 1 saturated heterocycles. The molecule has 74 valence electrons. The molecule has 13 heavy (non-hydrogen) atoms. The molecule has 1 heterocycles. The number of carbonyl (C=O) groups excluding carboxylic acids is 1. The van der Waals surface area contributed by atoms with Crippen LogP contribution in [-0.2, 0) is 9.53 Å². The van der Waals surface area contributed by atoms with E-state index in [4.69, 9.17) is 4.74 Å². The number of ether oxygens (including phenoxy) is 1. The fraction of sp³-hybridized carbons (Fsp3) is 0.900. The highest BCUT2D eigenvalue weighted by Crippen LogP contribution is 2.64. The van der Waals surface area contributed by atoms with Crippen molar-refractivity contribution in [2.24, 2.45) is 17.3 Å². The minimum absolute atomic E-state index is 0.00463. The monoisotopic (exact) mass is 183 g/mol. The Balaban J connectivity index is 2.15. The molecule has 1 aliphatic heterocycles. The number of likely N-dealkylation sites (N-methyl/N-ethyl adjacent to an activating group) is 1. The number of methoxy groups -OCH3 is 1. The van der Waals surface area contributed by atoms with Crippen LogP contribution in [-0.4, -0.2) is 37.6 Å². The summed E-state index contributed by atoms with van der Waals surface area (Å²) in [5, 5.41) is 0. The largest absolute Gasteiger partial charge is 0.468 e. The molecular formula is C10H17NO2. The lowest BCUT2D eigenvalue weighted by Crippen LogP contribution is -2.39. The van der Waals surface area contributed by atoms with Crippen LogP contribution >= 0.6 is 0 Å². The Morgan fingerprint density at radius 2 is 2.15 bits per heavy atom. The molecule has 0 N–H and O–H groups in total. The summed E-state index contributed by atoms with van der Waals surface area (Å²) in [4.78, 5) is 13.6. The van der Waals surface area contributed by atoms with E-state index in [0.29, 0.717) is 17.3 Å². The predicted molar refractivity (Wildman–Crippen MR) is 49.2 cm³/mol. The standard InChI is InChI=1S/C10H17NO2/c1-10(2)6-5-11(3)8(7(6)10)9(12)13-4/h6-8H,5H2,1-4H3. The summed E-state index contributed by atoms with van der Waals surface area (Å²) in [6.07, 6.45) is 0. The Morgan fingerprint density at radius 3 is 2.62 bits per heavy atom. The zero-order valence-electron chi connectivity index (χ0n) is 8.70. The number of esters is 1. The van der Waals surface area contributed by atoms with Crippen LogP contribution in [0.25, 0.3) is 0 Å². The molecule has 0 radical (unpaired) electrons. The van der Waals surface area contributed by atoms with Gasteiger partial charge in [0.2, 0.25) is 0 Å². The molecule has 0 aromatic carbocycles. The van der Waals surface area contributed by atoms with E-state index in [1.807, 2.05) is 7.05 Å². The van der Waals surface area contributed by atoms with Gasteiger partial charge in [-0.05, 0) is 24.3 Å². The number of hydrogen-bond acceptors (Lipinski definition) is 3. The summed E-state index contributed by atoms with van der Waals surface area (Å²) >= 11 is 0. The van der Waals surface area contributed by atoms with Gasteiger partial charge in [0.25, 0.3) is 0 Å². The van der Waals surface area contributed by atoms with Crippen molar-refractivity contribution in [3.63, 3.8) is 0 Å². The number of hydrogen-bond donors (Lipinski definition) is 0. The number of nitrogens with zero attached hydrogens (tertiary/aromatic N) is 1. The lowest BCUT2D eigenvalue weighted by Gasteiger charge is -2.24. The molecule has 1 saturated carbocycles. The van der Waals surface area contributed by atoms with Gasteiger partial charge < -0.3 is 4.74 Å². The maximum absolute atomic E-state index is 11.5. The second-order valence-electron chi connectivity index (χ2n) is 4.86. The van der Waals surface area contributed by atoms with E-state index in [-0.39, 0.29) is 12.0 Å². The normalized spacial score (nSPS) is 41.4. The molecular weight excluding hydrogens is 166 g/mol. The van der Waals surface area contributed by atoms with E-state index >= 15 is 0 Å². The van der Waals surface area contributed by atoms with Gasteiger partial charge in [0.15, 0.2) is 0 Å². The van der Waals surface area contributed by atoms with E-state index < -0.39 is 0 Å². The van der Waals surface area contributed by atoms with Crippen LogP contribution in [0.15, 0.2) is 0 Å². The molecule has 2 aliphatic rings. The molecule has 3 nitrogen and oxygen atoms in total. The van der Waals surface area contributed by atoms with Gasteiger partial charge in [0.05, 0.1) is 7.11 Å². The van der Waals surface area contributed by atoms with Gasteiger partial charge in [0.1, 0.15) is 6.04 Å². The Kier molecular flexibility index (Phi) is 1.71. The summed E-state index contributed by atoms with van der Waals surface area (Å²) in [5.74, 6) is 1.15. The first-order valence-electron chi connectivity index (χ1n) is 4.78. The quantitative estimate of drug-likeness (QED) is 0.562. The topological polar surface area (TPSA) is 29.5 Å². The van der Waals surface area contributed by atoms with Crippen LogP contribution in [0.5, 0.6) is 0 Å². The van der Waals surface area contributed by atoms with Crippen LogP contribution in [0.1, 0.15) is 13.8 Å². The fourth-order valence-electron chi connectivity index (χ4n) is 2.91. The molecule has 3 unspecified atom stereocenters. The zero-order valence-corrected chi connectivity index (χ0v) is 8.70. The van der Waals surface area contributed by atoms with E-state index in [1.165, 1.54) is 7.11 Å². The van der Waals surface area contributed by atoms with Gasteiger partial charge in [-0.2, -0.15) is 0 Å². The van der Waals surface area contributed by atoms with Crippen molar-refractivity contribution in [1.29, 1.82) is 0 Å². The molecule has 0 aromatic rings. The molecule has 0 bridgehead atoms. The number of rotatable bonds is 1. The average Bonchev–Trinajstić information content (AvgIpc) is 2.48. The molecule has 0 amide bonds. The first-order valence-corrected chi connectivity index (χ1v) is 4.78. The predicted octanol–water partition coefficient (Wildman–Crippen LogP) is 0.746. The Morgan fingerprint density at radius 1 is 1.54 bits per heavy atom. The van der Waals surface area contributed by atoms with Crippen LogP contribution in [0.4, 0.5) is 0 Å². The van der Waals surface area contributed by atoms with Crippen molar-refractivity contribution >= 4 is 5.97 Å². The van der Waals surface area contributed by atoms with Gasteiger partial charge in [0, 0.05) is 6.54 Å². The zero-order chi connectivity index (χ0) is 9.80. The smallest absolute Gasteiger partial charge is 0.323 e. The lowest BCUT2D eigenvalue weighted by molar-refractivity contribution is -0.146. The highest BCUT2D eigenvalue weighted by Gasteiger charge is 2.68. The first kappa shape index (κ1) is 9.00. The molecule has 1 aliphatic carbocycles. The Hall–Kier alpha value is -0.570. The number of carbonyl (C=O) groups is 1. The number of fused-ring (bicyclic) bond motifs is 1. The molecule has 0 spiro atoms. The Labute approximate surface area is 79.0 Å². The maximum Gasteiger partial charge on any atom is 0.323 e. The molecule has 3 atom stereocenters. The van der Waals surface area contributed by atoms with Crippen molar-refractivity contribution in [3.8, 4) is 0 Å². The molecule has 3 heteroatoms. The molecule has 2 fully saturated rings. The minimum atomic E-state index is -0.0689. The van der Waals surface area contributed by atoms with E-state index in [9.17, 15) is 4.79 Å². The lowest BCUT2D eigenvalue weighted by atomic mass is 10.0. The van der Waals surface area contributed by atoms with Gasteiger partial charge in [-0.3, -0.25) is 9.69 Å². The van der Waals surface area contributed by atoms with Crippen molar-refractivity contribution in [1.82, 2.24) is 4.90 Å². The molecule has 2 rings (SSSR count). The van der Waals surface area contributed by atoms with Crippen molar-refractivity contribution in [2.75, 3.05) is 20.7 Å². The van der Waals surface area contributed by atoms with Crippen molar-refractivity contribution in [3.05, 3.63) is 0 Å². The van der Waals surface area contributed by atoms with Gasteiger partial charge in [-0.25, -0.2) is 0 Å². The third kappa shape index (κ3) is 1.03. The number of piperidine rings is 1. The molecule has 0 aromatic heterocycles. The average molecular weight is 183 g/mol. The first-order chi connectivity index (χ1) is 6.00. The van der Waals surface area contributed by atoms with E-state index in [0.717, 1.165) is 6.54 Å². The summed E-state index contributed by atoms with van der Waals surface area (Å²) in [7, 11) is 3.47. The summed E-state index contributed by atoms with van der Waals surface area (Å²) in [6.45, 7) is 5.52. The SMILES string of the molecule is COC(=O)C1C2C(CN1C)C2(C)C. The van der Waals surface area contributed by atoms with Crippen molar-refractivity contribution in [2.45, 2.75) is 19.9 Å². The highest BCUT2D eigenvalue weighted by atomic mass is 16.5. The summed E-state index contributed by atoms with van der Waals surface area (Å²) < 4.78 is 4.81. The maximum atomic E-state index is 11.5. The third-order valence-corrected chi connectivity index (χ3v) is 3.88. The van der Waals surface area contributed by atoms with Gasteiger partial charge >= 0.3 is 5.97 Å². The van der Waals surface area contributed by atoms with E-state index in [2.05, 4.69) is 18.7 Å². The second-order valence-corrected chi connectivity index (χ2v) is 4.86. The van der Waals surface area contributed by atoms with Crippen molar-refractivity contribution < 1.29 is 9.53 Å². The van der Waals surface area contributed by atoms with Crippen LogP contribution in [0.2, 0.25) is 0 Å². The van der Waals surface area contributed by atoms with Crippen LogP contribution in [0, 0.1) is 17.3 Å². The summed E-state index contributed by atoms with van der Waals surface area (Å²) in [5.41, 5.74) is 0.353. The highest BCUT2D eigenvalue weighted by molar-refractivity contribution is 5.77. The van der Waals surface area contributed by atoms with E-state index in [1.54, 1.807) is 0 Å². The minimum Gasteiger partial charge on any atom is -0.468 e. The van der Waals surface area contributed by atoms with Gasteiger partial charge in [-0.1, -0.05) is 13.8 Å². The number of likely N-dealkylation sites (tertiary alicyclic amines) is 1. The van der Waals surface area contributed by atoms with Crippen LogP contribution in [0.3, 0.4) is 0 Å². The fourth-order valence-corrected chi connectivity index (χ4v) is 2.91. The third-order valence-electron chi connectivity index (χ3n) is 3.88. The van der Waals surface area contributed by atoms with Crippen LogP contribution < -0.4 is 0 Å².